The largest absolute Gasteiger partial charge is 0.488 e. The number of halogens is 2. The van der Waals surface area contributed by atoms with Gasteiger partial charge in [0.1, 0.15) is 18.0 Å². The van der Waals surface area contributed by atoms with Gasteiger partial charge in [-0.05, 0) is 41.3 Å². The van der Waals surface area contributed by atoms with Gasteiger partial charge in [-0.25, -0.2) is 4.39 Å². The lowest BCUT2D eigenvalue weighted by Gasteiger charge is -2.35. The lowest BCUT2D eigenvalue weighted by molar-refractivity contribution is -0.158. The van der Waals surface area contributed by atoms with E-state index in [1.54, 1.807) is 6.07 Å². The van der Waals surface area contributed by atoms with E-state index >= 15 is 0 Å². The number of hydrogen-bond acceptors (Lipinski definition) is 5. The van der Waals surface area contributed by atoms with Crippen LogP contribution in [0, 0.1) is 0 Å². The van der Waals surface area contributed by atoms with Gasteiger partial charge in [0, 0.05) is 17.9 Å². The summed E-state index contributed by atoms with van der Waals surface area (Å²) in [7, 11) is 0. The zero-order valence-corrected chi connectivity index (χ0v) is 17.3. The lowest BCUT2D eigenvalue weighted by atomic mass is 9.93. The number of ether oxygens (including phenoxy) is 3. The molecule has 2 fully saturated rings. The van der Waals surface area contributed by atoms with Gasteiger partial charge >= 0.3 is 0 Å². The van der Waals surface area contributed by atoms with E-state index in [2.05, 4.69) is 0 Å². The van der Waals surface area contributed by atoms with Crippen LogP contribution in [0.4, 0.5) is 4.39 Å². The summed E-state index contributed by atoms with van der Waals surface area (Å²) >= 11 is 6.41. The van der Waals surface area contributed by atoms with Gasteiger partial charge in [-0.2, -0.15) is 0 Å². The van der Waals surface area contributed by atoms with Crippen molar-refractivity contribution in [2.75, 3.05) is 19.8 Å². The summed E-state index contributed by atoms with van der Waals surface area (Å²) in [5, 5.41) is 19.9. The van der Waals surface area contributed by atoms with Crippen LogP contribution >= 0.6 is 11.6 Å². The van der Waals surface area contributed by atoms with Crippen molar-refractivity contribution in [1.29, 1.82) is 0 Å². The summed E-state index contributed by atoms with van der Waals surface area (Å²) < 4.78 is 30.9. The summed E-state index contributed by atoms with van der Waals surface area (Å²) in [6.07, 6.45) is -2.52. The fraction of sp³-hybridized carbons (Fsp3) is 0.478. The highest BCUT2D eigenvalue weighted by atomic mass is 35.5. The van der Waals surface area contributed by atoms with E-state index in [1.165, 1.54) is 0 Å². The first-order valence-electron chi connectivity index (χ1n) is 10.2. The van der Waals surface area contributed by atoms with E-state index in [9.17, 15) is 14.6 Å². The molecule has 0 amide bonds. The molecule has 0 unspecified atom stereocenters. The Morgan fingerprint density at radius 3 is 2.67 bits per heavy atom. The van der Waals surface area contributed by atoms with E-state index in [0.717, 1.165) is 35.5 Å². The third-order valence-corrected chi connectivity index (χ3v) is 6.02. The predicted molar refractivity (Wildman–Crippen MR) is 111 cm³/mol. The van der Waals surface area contributed by atoms with Gasteiger partial charge in [0.15, 0.2) is 6.17 Å². The van der Waals surface area contributed by atoms with Crippen molar-refractivity contribution in [3.8, 4) is 5.75 Å². The van der Waals surface area contributed by atoms with Crippen LogP contribution in [0.1, 0.15) is 35.6 Å². The van der Waals surface area contributed by atoms with E-state index in [0.29, 0.717) is 18.1 Å². The van der Waals surface area contributed by atoms with Crippen LogP contribution in [0.15, 0.2) is 42.5 Å². The maximum absolute atomic E-state index is 13.9. The molecule has 7 heteroatoms. The van der Waals surface area contributed by atoms with Gasteiger partial charge in [0.05, 0.1) is 32.0 Å². The summed E-state index contributed by atoms with van der Waals surface area (Å²) in [4.78, 5) is 0. The lowest BCUT2D eigenvalue weighted by Crippen LogP contribution is -2.44. The number of aliphatic hydroxyl groups is 2. The predicted octanol–water partition coefficient (Wildman–Crippen LogP) is 3.62. The van der Waals surface area contributed by atoms with Gasteiger partial charge in [0.2, 0.25) is 0 Å². The van der Waals surface area contributed by atoms with Gasteiger partial charge < -0.3 is 24.4 Å². The summed E-state index contributed by atoms with van der Waals surface area (Å²) in [5.41, 5.74) is 2.79. The molecule has 2 aliphatic heterocycles. The summed E-state index contributed by atoms with van der Waals surface area (Å²) in [6.45, 7) is 0.892. The maximum atomic E-state index is 13.9. The molecule has 2 aliphatic rings. The second-order valence-electron chi connectivity index (χ2n) is 7.87. The fourth-order valence-corrected chi connectivity index (χ4v) is 4.12. The van der Waals surface area contributed by atoms with E-state index in [-0.39, 0.29) is 12.5 Å². The summed E-state index contributed by atoms with van der Waals surface area (Å²) in [6, 6.07) is 13.4. The SMILES string of the molecule is OC[C@H]1O[C@@H](c2ccc(Cl)c(Cc3ccc(O[C@H]4CCOC4)cc3)c2)C[C@@H](O)[C@H]1F. The van der Waals surface area contributed by atoms with Crippen LogP contribution in [0.5, 0.6) is 5.75 Å². The second kappa shape index (κ2) is 9.62. The van der Waals surface area contributed by atoms with Crippen LogP contribution in [0.3, 0.4) is 0 Å². The minimum atomic E-state index is -1.59. The molecule has 2 heterocycles. The average Bonchev–Trinajstić information content (AvgIpc) is 3.26. The highest BCUT2D eigenvalue weighted by Crippen LogP contribution is 2.35. The van der Waals surface area contributed by atoms with Crippen molar-refractivity contribution >= 4 is 11.6 Å². The molecule has 0 aromatic heterocycles. The Labute approximate surface area is 180 Å². The molecule has 0 bridgehead atoms. The van der Waals surface area contributed by atoms with Crippen molar-refractivity contribution in [2.24, 2.45) is 0 Å². The van der Waals surface area contributed by atoms with Crippen molar-refractivity contribution in [2.45, 2.75) is 49.9 Å². The molecule has 2 N–H and O–H groups in total. The molecule has 0 radical (unpaired) electrons. The monoisotopic (exact) mass is 436 g/mol. The third kappa shape index (κ3) is 4.95. The standard InChI is InChI=1S/C23H26ClFO5/c24-19-6-3-15(21-11-20(27)23(25)22(12-26)30-21)10-16(19)9-14-1-4-17(5-2-14)29-18-7-8-28-13-18/h1-6,10,18,20-23,26-27H,7-9,11-13H2/t18-,20+,21+,22+,23+/m0/s1. The number of benzene rings is 2. The van der Waals surface area contributed by atoms with Gasteiger partial charge in [-0.1, -0.05) is 35.9 Å². The Kier molecular flexibility index (Phi) is 6.91. The van der Waals surface area contributed by atoms with Crippen molar-refractivity contribution in [3.05, 3.63) is 64.2 Å². The van der Waals surface area contributed by atoms with Crippen LogP contribution in [-0.2, 0) is 15.9 Å². The molecule has 2 aromatic rings. The molecule has 0 aliphatic carbocycles. The molecule has 162 valence electrons. The van der Waals surface area contributed by atoms with Gasteiger partial charge in [-0.15, -0.1) is 0 Å². The van der Waals surface area contributed by atoms with E-state index in [4.69, 9.17) is 25.8 Å². The molecule has 30 heavy (non-hydrogen) atoms. The topological polar surface area (TPSA) is 68.2 Å². The zero-order valence-electron chi connectivity index (χ0n) is 16.5. The first-order valence-corrected chi connectivity index (χ1v) is 10.6. The smallest absolute Gasteiger partial charge is 0.154 e. The number of aliphatic hydroxyl groups excluding tert-OH is 2. The van der Waals surface area contributed by atoms with E-state index in [1.807, 2.05) is 36.4 Å². The first-order chi connectivity index (χ1) is 14.5. The number of rotatable bonds is 6. The quantitative estimate of drug-likeness (QED) is 0.724. The fourth-order valence-electron chi connectivity index (χ4n) is 3.93. The molecular weight excluding hydrogens is 411 g/mol. The number of alkyl halides is 1. The molecule has 0 spiro atoms. The van der Waals surface area contributed by atoms with Crippen LogP contribution < -0.4 is 4.74 Å². The second-order valence-corrected chi connectivity index (χ2v) is 8.28. The third-order valence-electron chi connectivity index (χ3n) is 5.65. The van der Waals surface area contributed by atoms with E-state index < -0.39 is 31.1 Å². The van der Waals surface area contributed by atoms with Crippen molar-refractivity contribution in [1.82, 2.24) is 0 Å². The highest BCUT2D eigenvalue weighted by Gasteiger charge is 2.38. The first kappa shape index (κ1) is 21.5. The molecule has 0 saturated carbocycles. The molecule has 2 aromatic carbocycles. The molecule has 5 atom stereocenters. The molecule has 5 nitrogen and oxygen atoms in total. The minimum Gasteiger partial charge on any atom is -0.488 e. The Morgan fingerprint density at radius 1 is 1.17 bits per heavy atom. The normalized spacial score (nSPS) is 29.1. The molecule has 2 saturated heterocycles. The minimum absolute atomic E-state index is 0.111. The molecule has 4 rings (SSSR count). The maximum Gasteiger partial charge on any atom is 0.154 e. The van der Waals surface area contributed by atoms with Crippen molar-refractivity contribution < 1.29 is 28.8 Å². The average molecular weight is 437 g/mol. The summed E-state index contributed by atoms with van der Waals surface area (Å²) in [5.74, 6) is 0.814. The number of hydrogen-bond donors (Lipinski definition) is 2. The van der Waals surface area contributed by atoms with Crippen LogP contribution in [-0.4, -0.2) is 54.5 Å². The molecular formula is C23H26ClFO5. The Bertz CT molecular complexity index is 840. The Hall–Kier alpha value is -1.70. The van der Waals surface area contributed by atoms with Crippen molar-refractivity contribution in [3.63, 3.8) is 0 Å². The Morgan fingerprint density at radius 2 is 1.97 bits per heavy atom. The van der Waals surface area contributed by atoms with Gasteiger partial charge in [-0.3, -0.25) is 0 Å². The van der Waals surface area contributed by atoms with Crippen LogP contribution in [0.25, 0.3) is 0 Å². The Balaban J connectivity index is 1.45. The van der Waals surface area contributed by atoms with Gasteiger partial charge in [0.25, 0.3) is 0 Å². The zero-order chi connectivity index (χ0) is 21.1. The highest BCUT2D eigenvalue weighted by molar-refractivity contribution is 6.31. The van der Waals surface area contributed by atoms with Crippen LogP contribution in [0.2, 0.25) is 5.02 Å².